The molecule has 2 heterocycles. The summed E-state index contributed by atoms with van der Waals surface area (Å²) in [5.74, 6) is 0.723. The number of fused-ring (bicyclic) bond motifs is 1. The number of hydrogen-bond acceptors (Lipinski definition) is 5. The first kappa shape index (κ1) is 24.2. The number of aliphatic hydroxyl groups is 1. The minimum atomic E-state index is -0.794. The van der Waals surface area contributed by atoms with Gasteiger partial charge in [0.05, 0.1) is 30.2 Å². The number of aliphatic carboxylic acids is 1. The van der Waals surface area contributed by atoms with Gasteiger partial charge in [-0.3, -0.25) is 9.78 Å². The van der Waals surface area contributed by atoms with E-state index in [-0.39, 0.29) is 11.8 Å². The Morgan fingerprint density at radius 1 is 1.30 bits per heavy atom. The molecular formula is C26H35ClN2O4. The molecule has 1 aliphatic heterocycles. The topological polar surface area (TPSA) is 82.9 Å². The number of carboxylic acids is 1. The molecule has 2 fully saturated rings. The normalized spacial score (nSPS) is 20.2. The van der Waals surface area contributed by atoms with Crippen LogP contribution >= 0.6 is 11.6 Å². The van der Waals surface area contributed by atoms with Crippen LogP contribution < -0.4 is 4.74 Å². The van der Waals surface area contributed by atoms with Crippen LogP contribution in [0, 0.1) is 11.3 Å². The first-order chi connectivity index (χ1) is 15.9. The van der Waals surface area contributed by atoms with Crippen LogP contribution in [0.1, 0.15) is 69.5 Å². The van der Waals surface area contributed by atoms with Crippen molar-refractivity contribution < 1.29 is 19.7 Å². The van der Waals surface area contributed by atoms with Crippen LogP contribution in [-0.2, 0) is 4.79 Å². The van der Waals surface area contributed by atoms with Crippen molar-refractivity contribution in [1.29, 1.82) is 0 Å². The number of nitrogens with zero attached hydrogens (tertiary/aromatic N) is 2. The van der Waals surface area contributed by atoms with Crippen molar-refractivity contribution in [2.75, 3.05) is 26.7 Å². The second-order valence-electron chi connectivity index (χ2n) is 9.98. The van der Waals surface area contributed by atoms with E-state index in [0.717, 1.165) is 49.3 Å². The maximum Gasteiger partial charge on any atom is 0.303 e. The number of likely N-dealkylation sites (tertiary alicyclic amines) is 1. The van der Waals surface area contributed by atoms with Crippen molar-refractivity contribution in [3.8, 4) is 5.75 Å². The minimum absolute atomic E-state index is 0.148. The summed E-state index contributed by atoms with van der Waals surface area (Å²) in [5, 5.41) is 22.0. The number of pyridine rings is 1. The third kappa shape index (κ3) is 5.79. The summed E-state index contributed by atoms with van der Waals surface area (Å²) < 4.78 is 5.35. The summed E-state index contributed by atoms with van der Waals surface area (Å²) in [6.07, 6.45) is 9.11. The van der Waals surface area contributed by atoms with E-state index >= 15 is 0 Å². The highest BCUT2D eigenvalue weighted by atomic mass is 35.5. The molecular weight excluding hydrogens is 440 g/mol. The van der Waals surface area contributed by atoms with E-state index in [9.17, 15) is 15.0 Å². The van der Waals surface area contributed by atoms with Crippen molar-refractivity contribution in [3.63, 3.8) is 0 Å². The number of methoxy groups -OCH3 is 1. The Bertz CT molecular complexity index is 968. The average Bonchev–Trinajstić information content (AvgIpc) is 3.31. The lowest BCUT2D eigenvalue weighted by Crippen LogP contribution is -2.43. The third-order valence-electron chi connectivity index (χ3n) is 7.78. The molecule has 7 heteroatoms. The molecule has 0 radical (unpaired) electrons. The summed E-state index contributed by atoms with van der Waals surface area (Å²) in [6, 6.07) is 5.54. The predicted octanol–water partition coefficient (Wildman–Crippen LogP) is 5.46. The van der Waals surface area contributed by atoms with Gasteiger partial charge in [0.15, 0.2) is 0 Å². The van der Waals surface area contributed by atoms with Gasteiger partial charge < -0.3 is 19.8 Å². The van der Waals surface area contributed by atoms with Crippen LogP contribution in [0.4, 0.5) is 0 Å². The molecule has 0 amide bonds. The molecule has 0 spiro atoms. The zero-order valence-electron chi connectivity index (χ0n) is 19.4. The molecule has 0 bridgehead atoms. The van der Waals surface area contributed by atoms with Crippen molar-refractivity contribution in [2.24, 2.45) is 11.3 Å². The second kappa shape index (κ2) is 10.6. The number of ether oxygens (including phenoxy) is 1. The molecule has 1 aliphatic carbocycles. The van der Waals surface area contributed by atoms with Crippen LogP contribution in [0.25, 0.3) is 10.9 Å². The number of carbonyl (C=O) groups is 1. The summed E-state index contributed by atoms with van der Waals surface area (Å²) in [7, 11) is 1.60. The highest BCUT2D eigenvalue weighted by Crippen LogP contribution is 2.43. The molecule has 4 rings (SSSR count). The van der Waals surface area contributed by atoms with E-state index in [1.807, 2.05) is 18.2 Å². The predicted molar refractivity (Wildman–Crippen MR) is 130 cm³/mol. The first-order valence-corrected chi connectivity index (χ1v) is 12.5. The van der Waals surface area contributed by atoms with Crippen LogP contribution in [-0.4, -0.2) is 52.8 Å². The fourth-order valence-electron chi connectivity index (χ4n) is 5.82. The van der Waals surface area contributed by atoms with Crippen molar-refractivity contribution in [2.45, 2.75) is 63.9 Å². The number of piperidine rings is 1. The van der Waals surface area contributed by atoms with Gasteiger partial charge in [0.2, 0.25) is 0 Å². The molecule has 1 atom stereocenters. The fraction of sp³-hybridized carbons (Fsp3) is 0.615. The quantitative estimate of drug-likeness (QED) is 0.502. The Balaban J connectivity index is 1.46. The van der Waals surface area contributed by atoms with Crippen molar-refractivity contribution >= 4 is 28.5 Å². The number of halogens is 1. The lowest BCUT2D eigenvalue weighted by molar-refractivity contribution is -0.141. The summed E-state index contributed by atoms with van der Waals surface area (Å²) in [5.41, 5.74) is 1.10. The van der Waals surface area contributed by atoms with Gasteiger partial charge in [0, 0.05) is 23.7 Å². The second-order valence-corrected chi connectivity index (χ2v) is 10.4. The largest absolute Gasteiger partial charge is 0.497 e. The van der Waals surface area contributed by atoms with Gasteiger partial charge in [-0.1, -0.05) is 24.4 Å². The van der Waals surface area contributed by atoms with E-state index in [4.69, 9.17) is 16.3 Å². The molecule has 6 nitrogen and oxygen atoms in total. The Kier molecular flexibility index (Phi) is 7.77. The molecule has 0 unspecified atom stereocenters. The van der Waals surface area contributed by atoms with Gasteiger partial charge >= 0.3 is 5.97 Å². The molecule has 2 N–H and O–H groups in total. The van der Waals surface area contributed by atoms with Crippen LogP contribution in [0.2, 0.25) is 5.02 Å². The van der Waals surface area contributed by atoms with E-state index in [1.54, 1.807) is 13.3 Å². The minimum Gasteiger partial charge on any atom is -0.497 e. The summed E-state index contributed by atoms with van der Waals surface area (Å²) >= 11 is 6.47. The molecule has 33 heavy (non-hydrogen) atoms. The van der Waals surface area contributed by atoms with Crippen molar-refractivity contribution in [1.82, 2.24) is 9.88 Å². The van der Waals surface area contributed by atoms with Gasteiger partial charge in [-0.15, -0.1) is 0 Å². The molecule has 2 aliphatic rings. The smallest absolute Gasteiger partial charge is 0.303 e. The number of aromatic nitrogens is 1. The van der Waals surface area contributed by atoms with Crippen LogP contribution in [0.3, 0.4) is 0 Å². The highest BCUT2D eigenvalue weighted by molar-refractivity contribution is 6.32. The van der Waals surface area contributed by atoms with Crippen LogP contribution in [0.15, 0.2) is 24.4 Å². The van der Waals surface area contributed by atoms with E-state index in [2.05, 4.69) is 9.88 Å². The maximum absolute atomic E-state index is 11.7. The number of hydrogen-bond donors (Lipinski definition) is 2. The zero-order chi connectivity index (χ0) is 23.4. The molecule has 1 saturated heterocycles. The van der Waals surface area contributed by atoms with E-state index in [0.29, 0.717) is 29.2 Å². The zero-order valence-corrected chi connectivity index (χ0v) is 20.2. The molecule has 1 saturated carbocycles. The fourth-order valence-corrected chi connectivity index (χ4v) is 6.10. The summed E-state index contributed by atoms with van der Waals surface area (Å²) in [6.45, 7) is 3.03. The van der Waals surface area contributed by atoms with Gasteiger partial charge in [-0.2, -0.15) is 0 Å². The molecule has 180 valence electrons. The SMILES string of the molecule is COc1ccc2ncc(Cl)c([C@@H](O)CCC3(CC(=O)O)CCN(CC4CCCC4)CC3)c2c1. The average molecular weight is 475 g/mol. The van der Waals surface area contributed by atoms with Gasteiger partial charge in [0.1, 0.15) is 5.75 Å². The number of benzene rings is 1. The van der Waals surface area contributed by atoms with Gasteiger partial charge in [-0.25, -0.2) is 0 Å². The third-order valence-corrected chi connectivity index (χ3v) is 8.08. The standard InChI is InChI=1S/C26H35ClN2O4/c1-33-19-6-7-22-20(14-19)25(21(27)16-28-22)23(30)8-9-26(15-24(31)32)10-12-29(13-11-26)17-18-4-2-3-5-18/h6-7,14,16,18,23,30H,2-5,8-13,15,17H2,1H3,(H,31,32)/t23-/m0/s1. The monoisotopic (exact) mass is 474 g/mol. The van der Waals surface area contributed by atoms with Gasteiger partial charge in [0.25, 0.3) is 0 Å². The Morgan fingerprint density at radius 2 is 2.03 bits per heavy atom. The number of rotatable bonds is 9. The summed E-state index contributed by atoms with van der Waals surface area (Å²) in [4.78, 5) is 18.6. The lowest BCUT2D eigenvalue weighted by Gasteiger charge is -2.42. The van der Waals surface area contributed by atoms with Crippen LogP contribution in [0.5, 0.6) is 5.75 Å². The first-order valence-electron chi connectivity index (χ1n) is 12.1. The highest BCUT2D eigenvalue weighted by Gasteiger charge is 2.37. The Labute approximate surface area is 200 Å². The maximum atomic E-state index is 11.7. The lowest BCUT2D eigenvalue weighted by atomic mass is 9.71. The van der Waals surface area contributed by atoms with Gasteiger partial charge in [-0.05, 0) is 81.1 Å². The number of aliphatic hydroxyl groups excluding tert-OH is 1. The van der Waals surface area contributed by atoms with Crippen molar-refractivity contribution in [3.05, 3.63) is 35.0 Å². The number of carboxylic acid groups (broad SMARTS) is 1. The Morgan fingerprint density at radius 3 is 2.70 bits per heavy atom. The Hall–Kier alpha value is -1.89. The molecule has 1 aromatic heterocycles. The van der Waals surface area contributed by atoms with E-state index in [1.165, 1.54) is 25.7 Å². The van der Waals surface area contributed by atoms with E-state index < -0.39 is 12.1 Å². The molecule has 1 aromatic carbocycles. The molecule has 2 aromatic rings.